The molecule has 0 unspecified atom stereocenters. The van der Waals surface area contributed by atoms with E-state index in [9.17, 15) is 9.90 Å². The van der Waals surface area contributed by atoms with E-state index in [1.165, 1.54) is 0 Å². The van der Waals surface area contributed by atoms with Crippen molar-refractivity contribution in [3.8, 4) is 40.2 Å². The van der Waals surface area contributed by atoms with E-state index >= 15 is 0 Å². The maximum atomic E-state index is 11.3. The van der Waals surface area contributed by atoms with E-state index in [0.717, 1.165) is 43.8 Å². The molecule has 0 heterocycles. The third-order valence-electron chi connectivity index (χ3n) is 5.58. The molecule has 0 bridgehead atoms. The van der Waals surface area contributed by atoms with Gasteiger partial charge < -0.3 is 24.1 Å². The Morgan fingerprint density at radius 3 is 2.37 bits per heavy atom. The molecule has 7 heteroatoms. The molecule has 198 valence electrons. The number of hydrogen-bond acceptors (Lipinski definition) is 5. The van der Waals surface area contributed by atoms with Crippen LogP contribution in [0.25, 0.3) is 11.1 Å². The highest BCUT2D eigenvalue weighted by atomic mass is 79.9. The summed E-state index contributed by atoms with van der Waals surface area (Å²) in [6, 6.07) is 17.5. The maximum absolute atomic E-state index is 11.3. The molecule has 0 aliphatic rings. The van der Waals surface area contributed by atoms with Crippen molar-refractivity contribution in [1.29, 1.82) is 0 Å². The lowest BCUT2D eigenvalue weighted by Crippen LogP contribution is -2.26. The van der Waals surface area contributed by atoms with E-state index in [1.807, 2.05) is 61.5 Å². The van der Waals surface area contributed by atoms with Gasteiger partial charge in [0.2, 0.25) is 0 Å². The minimum absolute atomic E-state index is 0.281. The minimum Gasteiger partial charge on any atom is -0.497 e. The fourth-order valence-electron chi connectivity index (χ4n) is 3.79. The second-order valence-corrected chi connectivity index (χ2v) is 9.28. The number of aliphatic carboxylic acids is 1. The van der Waals surface area contributed by atoms with E-state index in [-0.39, 0.29) is 6.42 Å². The van der Waals surface area contributed by atoms with Crippen molar-refractivity contribution >= 4 is 21.9 Å². The zero-order chi connectivity index (χ0) is 27.5. The average Bonchev–Trinajstić information content (AvgIpc) is 2.90. The second kappa shape index (κ2) is 14.3. The Kier molecular flexibility index (Phi) is 10.8. The molecular formula is C31H31BrO6. The molecule has 1 atom stereocenters. The molecule has 3 rings (SSSR count). The quantitative estimate of drug-likeness (QED) is 0.263. The standard InChI is InChI=1S/C31H31BrO6/c1-5-37-30(31(33)34)17-23-10-11-29(28(32)16-23)38-12-8-6-7-9-22-13-21(2)14-24(15-22)25-18-26(35-3)20-27(19-25)36-4/h6,8,10-11,13-16,18-20,30H,5,12,17H2,1-4H3,(H,33,34)/b8-6+/t30-/m0/s1. The van der Waals surface area contributed by atoms with Crippen LogP contribution < -0.4 is 14.2 Å². The summed E-state index contributed by atoms with van der Waals surface area (Å²) in [5.41, 5.74) is 4.87. The highest BCUT2D eigenvalue weighted by Crippen LogP contribution is 2.31. The number of aryl methyl sites for hydroxylation is 1. The Balaban J connectivity index is 1.63. The topological polar surface area (TPSA) is 74.2 Å². The number of carboxylic acid groups (broad SMARTS) is 1. The smallest absolute Gasteiger partial charge is 0.333 e. The van der Waals surface area contributed by atoms with Crippen LogP contribution in [0.4, 0.5) is 0 Å². The molecule has 6 nitrogen and oxygen atoms in total. The number of hydrogen-bond donors (Lipinski definition) is 1. The van der Waals surface area contributed by atoms with Gasteiger partial charge in [-0.15, -0.1) is 0 Å². The second-order valence-electron chi connectivity index (χ2n) is 8.42. The van der Waals surface area contributed by atoms with Crippen LogP contribution in [-0.4, -0.2) is 44.6 Å². The first-order valence-electron chi connectivity index (χ1n) is 12.1. The van der Waals surface area contributed by atoms with Crippen LogP contribution in [0.5, 0.6) is 17.2 Å². The highest BCUT2D eigenvalue weighted by molar-refractivity contribution is 9.10. The molecular weight excluding hydrogens is 548 g/mol. The molecule has 3 aromatic carbocycles. The van der Waals surface area contributed by atoms with Gasteiger partial charge in [-0.05, 0) is 101 Å². The molecule has 0 fully saturated rings. The van der Waals surface area contributed by atoms with Gasteiger partial charge in [0, 0.05) is 24.7 Å². The Morgan fingerprint density at radius 1 is 1.03 bits per heavy atom. The van der Waals surface area contributed by atoms with Gasteiger partial charge in [-0.25, -0.2) is 4.79 Å². The summed E-state index contributed by atoms with van der Waals surface area (Å²) in [4.78, 5) is 11.3. The predicted molar refractivity (Wildman–Crippen MR) is 152 cm³/mol. The van der Waals surface area contributed by atoms with Crippen molar-refractivity contribution < 1.29 is 28.8 Å². The summed E-state index contributed by atoms with van der Waals surface area (Å²) >= 11 is 3.50. The van der Waals surface area contributed by atoms with Crippen LogP contribution in [-0.2, 0) is 16.0 Å². The summed E-state index contributed by atoms with van der Waals surface area (Å²) in [6.45, 7) is 4.50. The molecule has 0 saturated carbocycles. The molecule has 0 aliphatic heterocycles. The number of allylic oxidation sites excluding steroid dienone is 1. The first kappa shape index (κ1) is 28.8. The lowest BCUT2D eigenvalue weighted by atomic mass is 10.00. The lowest BCUT2D eigenvalue weighted by molar-refractivity contribution is -0.149. The van der Waals surface area contributed by atoms with E-state index in [0.29, 0.717) is 19.0 Å². The molecule has 0 aliphatic carbocycles. The molecule has 0 saturated heterocycles. The zero-order valence-corrected chi connectivity index (χ0v) is 23.5. The number of methoxy groups -OCH3 is 2. The van der Waals surface area contributed by atoms with Gasteiger partial charge in [0.1, 0.15) is 23.9 Å². The zero-order valence-electron chi connectivity index (χ0n) is 21.9. The summed E-state index contributed by atoms with van der Waals surface area (Å²) in [5.74, 6) is 7.39. The molecule has 38 heavy (non-hydrogen) atoms. The van der Waals surface area contributed by atoms with Gasteiger partial charge in [0.05, 0.1) is 18.7 Å². The maximum Gasteiger partial charge on any atom is 0.333 e. The van der Waals surface area contributed by atoms with Crippen LogP contribution in [0.1, 0.15) is 23.6 Å². The van der Waals surface area contributed by atoms with Crippen LogP contribution in [0.3, 0.4) is 0 Å². The minimum atomic E-state index is -0.975. The first-order valence-corrected chi connectivity index (χ1v) is 12.9. The van der Waals surface area contributed by atoms with E-state index < -0.39 is 12.1 Å². The Bertz CT molecular complexity index is 1330. The van der Waals surface area contributed by atoms with Gasteiger partial charge >= 0.3 is 5.97 Å². The Hall–Kier alpha value is -3.73. The van der Waals surface area contributed by atoms with Crippen molar-refractivity contribution in [3.63, 3.8) is 0 Å². The monoisotopic (exact) mass is 578 g/mol. The van der Waals surface area contributed by atoms with Crippen molar-refractivity contribution in [2.45, 2.75) is 26.4 Å². The van der Waals surface area contributed by atoms with Crippen LogP contribution >= 0.6 is 15.9 Å². The van der Waals surface area contributed by atoms with Gasteiger partial charge in [-0.3, -0.25) is 0 Å². The molecule has 1 N–H and O–H groups in total. The Morgan fingerprint density at radius 2 is 1.74 bits per heavy atom. The van der Waals surface area contributed by atoms with E-state index in [2.05, 4.69) is 33.8 Å². The average molecular weight is 579 g/mol. The van der Waals surface area contributed by atoms with Crippen LogP contribution in [0, 0.1) is 18.8 Å². The normalized spacial score (nSPS) is 11.5. The summed E-state index contributed by atoms with van der Waals surface area (Å²) < 4.78 is 22.6. The van der Waals surface area contributed by atoms with Gasteiger partial charge in [-0.1, -0.05) is 24.0 Å². The van der Waals surface area contributed by atoms with Crippen molar-refractivity contribution in [2.75, 3.05) is 27.4 Å². The van der Waals surface area contributed by atoms with Crippen molar-refractivity contribution in [2.24, 2.45) is 0 Å². The molecule has 0 aromatic heterocycles. The molecule has 0 radical (unpaired) electrons. The van der Waals surface area contributed by atoms with Crippen LogP contribution in [0.2, 0.25) is 0 Å². The third kappa shape index (κ3) is 8.41. The van der Waals surface area contributed by atoms with Gasteiger partial charge in [0.25, 0.3) is 0 Å². The predicted octanol–water partition coefficient (Wildman–Crippen LogP) is 6.46. The van der Waals surface area contributed by atoms with Gasteiger partial charge in [-0.2, -0.15) is 0 Å². The van der Waals surface area contributed by atoms with Crippen LogP contribution in [0.15, 0.2) is 71.2 Å². The lowest BCUT2D eigenvalue weighted by Gasteiger charge is -2.13. The summed E-state index contributed by atoms with van der Waals surface area (Å²) in [5, 5.41) is 9.28. The summed E-state index contributed by atoms with van der Waals surface area (Å²) in [6.07, 6.45) is 3.01. The number of ether oxygens (including phenoxy) is 4. The molecule has 3 aromatic rings. The number of carbonyl (C=O) groups is 1. The third-order valence-corrected chi connectivity index (χ3v) is 6.20. The largest absolute Gasteiger partial charge is 0.497 e. The van der Waals surface area contributed by atoms with Crippen molar-refractivity contribution in [3.05, 3.63) is 87.9 Å². The number of rotatable bonds is 11. The number of halogens is 1. The molecule has 0 amide bonds. The number of carboxylic acids is 1. The fourth-order valence-corrected chi connectivity index (χ4v) is 4.33. The number of benzene rings is 3. The molecule has 0 spiro atoms. The fraction of sp³-hybridized carbons (Fsp3) is 0.258. The SMILES string of the molecule is CCO[C@@H](Cc1ccc(OC/C=C/C#Cc2cc(C)cc(-c3cc(OC)cc(OC)c3)c2)c(Br)c1)C(=O)O. The van der Waals surface area contributed by atoms with E-state index in [1.54, 1.807) is 27.2 Å². The first-order chi connectivity index (χ1) is 18.3. The highest BCUT2D eigenvalue weighted by Gasteiger charge is 2.18. The summed E-state index contributed by atoms with van der Waals surface area (Å²) in [7, 11) is 3.27. The van der Waals surface area contributed by atoms with Crippen molar-refractivity contribution in [1.82, 2.24) is 0 Å². The van der Waals surface area contributed by atoms with Gasteiger partial charge in [0.15, 0.2) is 6.10 Å². The Labute approximate surface area is 232 Å². The van der Waals surface area contributed by atoms with E-state index in [4.69, 9.17) is 18.9 Å².